The fourth-order valence-electron chi connectivity index (χ4n) is 1.66. The second-order valence-electron chi connectivity index (χ2n) is 3.64. The van der Waals surface area contributed by atoms with E-state index in [1.54, 1.807) is 12.1 Å². The molecule has 0 radical (unpaired) electrons. The van der Waals surface area contributed by atoms with Gasteiger partial charge in [0.1, 0.15) is 5.82 Å². The van der Waals surface area contributed by atoms with Crippen LogP contribution < -0.4 is 10.8 Å². The average molecular weight is 236 g/mol. The van der Waals surface area contributed by atoms with Crippen LogP contribution in [0, 0.1) is 5.82 Å². The van der Waals surface area contributed by atoms with Crippen molar-refractivity contribution in [3.8, 4) is 0 Å². The van der Waals surface area contributed by atoms with Gasteiger partial charge in [0.05, 0.1) is 6.61 Å². The van der Waals surface area contributed by atoms with Gasteiger partial charge in [-0.3, -0.25) is 9.63 Å². The molecule has 2 N–H and O–H groups in total. The number of rotatable bonds is 2. The Morgan fingerprint density at radius 3 is 2.94 bits per heavy atom. The summed E-state index contributed by atoms with van der Waals surface area (Å²) in [5, 5.41) is 2.45. The molecule has 2 rings (SSSR count). The standard InChI is InChI=1S/C12H13FN2O2/c1-14-12(16)8-2-3-10(11(13)6-8)9-4-5-15-17-7-9/h2-4,6,15H,5,7H2,1H3,(H,14,16). The molecule has 0 aliphatic carbocycles. The van der Waals surface area contributed by atoms with Crippen LogP contribution in [0.2, 0.25) is 0 Å². The van der Waals surface area contributed by atoms with Crippen LogP contribution in [0.4, 0.5) is 4.39 Å². The summed E-state index contributed by atoms with van der Waals surface area (Å²) in [5.41, 5.74) is 4.24. The van der Waals surface area contributed by atoms with Crippen molar-refractivity contribution in [1.29, 1.82) is 0 Å². The SMILES string of the molecule is CNC(=O)c1ccc(C2=CCNOC2)c(F)c1. The summed E-state index contributed by atoms with van der Waals surface area (Å²) in [6, 6.07) is 4.43. The van der Waals surface area contributed by atoms with Gasteiger partial charge in [0.25, 0.3) is 5.91 Å². The lowest BCUT2D eigenvalue weighted by Gasteiger charge is -2.15. The Bertz CT molecular complexity index is 472. The number of carbonyl (C=O) groups excluding carboxylic acids is 1. The maximum atomic E-state index is 13.8. The van der Waals surface area contributed by atoms with Crippen LogP contribution in [0.3, 0.4) is 0 Å². The van der Waals surface area contributed by atoms with Gasteiger partial charge in [-0.25, -0.2) is 4.39 Å². The first-order valence-corrected chi connectivity index (χ1v) is 5.28. The van der Waals surface area contributed by atoms with Gasteiger partial charge in [-0.05, 0) is 17.7 Å². The lowest BCUT2D eigenvalue weighted by Crippen LogP contribution is -2.22. The van der Waals surface area contributed by atoms with Gasteiger partial charge in [-0.2, -0.15) is 5.48 Å². The molecular weight excluding hydrogens is 223 g/mol. The molecule has 0 atom stereocenters. The summed E-state index contributed by atoms with van der Waals surface area (Å²) < 4.78 is 13.8. The molecular formula is C12H13FN2O2. The van der Waals surface area contributed by atoms with Crippen LogP contribution in [0.1, 0.15) is 15.9 Å². The van der Waals surface area contributed by atoms with Crippen LogP contribution in [0.15, 0.2) is 24.3 Å². The third kappa shape index (κ3) is 2.51. The predicted octanol–water partition coefficient (Wildman–Crippen LogP) is 1.10. The number of hydrogen-bond donors (Lipinski definition) is 2. The summed E-state index contributed by atoms with van der Waals surface area (Å²) in [5.74, 6) is -0.714. The van der Waals surface area contributed by atoms with Crippen molar-refractivity contribution >= 4 is 11.5 Å². The van der Waals surface area contributed by atoms with Crippen molar-refractivity contribution in [3.63, 3.8) is 0 Å². The Labute approximate surface area is 98.4 Å². The number of hydroxylamine groups is 1. The van der Waals surface area contributed by atoms with E-state index in [2.05, 4.69) is 10.8 Å². The predicted molar refractivity (Wildman–Crippen MR) is 61.7 cm³/mol. The fourth-order valence-corrected chi connectivity index (χ4v) is 1.66. The molecule has 1 aromatic rings. The molecule has 0 saturated heterocycles. The second kappa shape index (κ2) is 5.07. The highest BCUT2D eigenvalue weighted by atomic mass is 19.1. The zero-order valence-corrected chi connectivity index (χ0v) is 9.42. The van der Waals surface area contributed by atoms with Crippen molar-refractivity contribution in [2.45, 2.75) is 0 Å². The maximum Gasteiger partial charge on any atom is 0.251 e. The second-order valence-corrected chi connectivity index (χ2v) is 3.64. The molecule has 0 aromatic heterocycles. The quantitative estimate of drug-likeness (QED) is 0.808. The number of benzene rings is 1. The van der Waals surface area contributed by atoms with E-state index in [9.17, 15) is 9.18 Å². The van der Waals surface area contributed by atoms with Crippen LogP contribution in [0.25, 0.3) is 5.57 Å². The van der Waals surface area contributed by atoms with Crippen LogP contribution in [0.5, 0.6) is 0 Å². The highest BCUT2D eigenvalue weighted by molar-refractivity contribution is 5.94. The van der Waals surface area contributed by atoms with Gasteiger partial charge in [0.2, 0.25) is 0 Å². The van der Waals surface area contributed by atoms with Crippen LogP contribution in [-0.4, -0.2) is 26.1 Å². The fraction of sp³-hybridized carbons (Fsp3) is 0.250. The van der Waals surface area contributed by atoms with Crippen molar-refractivity contribution < 1.29 is 14.0 Å². The van der Waals surface area contributed by atoms with Gasteiger partial charge in [0.15, 0.2) is 0 Å². The first-order valence-electron chi connectivity index (χ1n) is 5.28. The Kier molecular flexibility index (Phi) is 3.51. The first kappa shape index (κ1) is 11.8. The van der Waals surface area contributed by atoms with Crippen LogP contribution >= 0.6 is 0 Å². The Balaban J connectivity index is 2.31. The van der Waals surface area contributed by atoms with E-state index in [1.807, 2.05) is 6.08 Å². The lowest BCUT2D eigenvalue weighted by molar-refractivity contribution is 0.0677. The molecule has 0 saturated carbocycles. The third-order valence-electron chi connectivity index (χ3n) is 2.57. The number of hydrogen-bond acceptors (Lipinski definition) is 3. The molecule has 1 aromatic carbocycles. The molecule has 0 unspecified atom stereocenters. The molecule has 0 bridgehead atoms. The number of amides is 1. The average Bonchev–Trinajstić information content (AvgIpc) is 2.38. The van der Waals surface area contributed by atoms with Crippen molar-refractivity contribution in [2.75, 3.05) is 20.2 Å². The highest BCUT2D eigenvalue weighted by Crippen LogP contribution is 2.20. The summed E-state index contributed by atoms with van der Waals surface area (Å²) in [4.78, 5) is 16.4. The monoisotopic (exact) mass is 236 g/mol. The molecule has 90 valence electrons. The van der Waals surface area contributed by atoms with Crippen molar-refractivity contribution in [3.05, 3.63) is 41.2 Å². The first-order chi connectivity index (χ1) is 8.22. The zero-order valence-electron chi connectivity index (χ0n) is 9.42. The van der Waals surface area contributed by atoms with E-state index in [1.165, 1.54) is 13.1 Å². The largest absolute Gasteiger partial charge is 0.355 e. The summed E-state index contributed by atoms with van der Waals surface area (Å²) in [6.07, 6.45) is 1.86. The summed E-state index contributed by atoms with van der Waals surface area (Å²) >= 11 is 0. The minimum absolute atomic E-state index is 0.300. The minimum atomic E-state index is -0.414. The topological polar surface area (TPSA) is 50.4 Å². The smallest absolute Gasteiger partial charge is 0.251 e. The van der Waals surface area contributed by atoms with E-state index in [-0.39, 0.29) is 5.91 Å². The number of halogens is 1. The molecule has 4 nitrogen and oxygen atoms in total. The van der Waals surface area contributed by atoms with E-state index in [4.69, 9.17) is 4.84 Å². The molecule has 1 heterocycles. The van der Waals surface area contributed by atoms with Gasteiger partial charge >= 0.3 is 0 Å². The van der Waals surface area contributed by atoms with Gasteiger partial charge < -0.3 is 5.32 Å². The number of carbonyl (C=O) groups is 1. The normalized spacial score (nSPS) is 15.3. The molecule has 1 aliphatic rings. The van der Waals surface area contributed by atoms with Gasteiger partial charge in [0, 0.05) is 24.7 Å². The van der Waals surface area contributed by atoms with Gasteiger partial charge in [-0.1, -0.05) is 12.1 Å². The molecule has 0 spiro atoms. The van der Waals surface area contributed by atoms with Crippen molar-refractivity contribution in [2.24, 2.45) is 0 Å². The highest BCUT2D eigenvalue weighted by Gasteiger charge is 2.13. The third-order valence-corrected chi connectivity index (χ3v) is 2.57. The molecule has 1 aliphatic heterocycles. The Morgan fingerprint density at radius 1 is 1.53 bits per heavy atom. The van der Waals surface area contributed by atoms with E-state index in [0.717, 1.165) is 5.57 Å². The van der Waals surface area contributed by atoms with Gasteiger partial charge in [-0.15, -0.1) is 0 Å². The minimum Gasteiger partial charge on any atom is -0.355 e. The Hall–Kier alpha value is -1.72. The molecule has 1 amide bonds. The zero-order chi connectivity index (χ0) is 12.3. The number of nitrogens with one attached hydrogen (secondary N) is 2. The van der Waals surface area contributed by atoms with E-state index in [0.29, 0.717) is 24.3 Å². The maximum absolute atomic E-state index is 13.8. The Morgan fingerprint density at radius 2 is 2.35 bits per heavy atom. The van der Waals surface area contributed by atoms with Crippen molar-refractivity contribution in [1.82, 2.24) is 10.8 Å². The van der Waals surface area contributed by atoms with E-state index < -0.39 is 5.82 Å². The summed E-state index contributed by atoms with van der Waals surface area (Å²) in [6.45, 7) is 0.863. The summed E-state index contributed by atoms with van der Waals surface area (Å²) in [7, 11) is 1.51. The lowest BCUT2D eigenvalue weighted by atomic mass is 10.0. The molecule has 17 heavy (non-hydrogen) atoms. The van der Waals surface area contributed by atoms with E-state index >= 15 is 0 Å². The molecule has 5 heteroatoms. The molecule has 0 fully saturated rings. The van der Waals surface area contributed by atoms with Crippen LogP contribution in [-0.2, 0) is 4.84 Å².